The first-order chi connectivity index (χ1) is 18.1. The van der Waals surface area contributed by atoms with E-state index in [2.05, 4.69) is 83.0 Å². The minimum absolute atomic E-state index is 0.00240. The molecule has 3 aliphatic heterocycles. The van der Waals surface area contributed by atoms with E-state index >= 15 is 0 Å². The monoisotopic (exact) mass is 493 g/mol. The molecule has 5 heteroatoms. The Morgan fingerprint density at radius 3 is 2.19 bits per heavy atom. The molecular weight excluding hydrogens is 458 g/mol. The average molecular weight is 494 g/mol. The molecule has 0 aliphatic carbocycles. The summed E-state index contributed by atoms with van der Waals surface area (Å²) in [4.78, 5) is 15.0. The van der Waals surface area contributed by atoms with Crippen LogP contribution in [0.4, 0.5) is 0 Å². The molecule has 0 saturated carbocycles. The summed E-state index contributed by atoms with van der Waals surface area (Å²) >= 11 is 0. The predicted molar refractivity (Wildman–Crippen MR) is 149 cm³/mol. The second kappa shape index (κ2) is 10.2. The number of aryl methyl sites for hydroxylation is 1. The van der Waals surface area contributed by atoms with Crippen molar-refractivity contribution < 1.29 is 4.74 Å². The Morgan fingerprint density at radius 1 is 0.919 bits per heavy atom. The van der Waals surface area contributed by atoms with E-state index in [1.807, 2.05) is 13.1 Å². The van der Waals surface area contributed by atoms with Gasteiger partial charge >= 0.3 is 0 Å². The molecule has 190 valence electrons. The predicted octanol–water partition coefficient (Wildman–Crippen LogP) is 4.93. The molecule has 3 aliphatic rings. The zero-order valence-electron chi connectivity index (χ0n) is 21.6. The van der Waals surface area contributed by atoms with Gasteiger partial charge in [0, 0.05) is 48.6 Å². The third-order valence-corrected chi connectivity index (χ3v) is 8.59. The van der Waals surface area contributed by atoms with Gasteiger partial charge in [-0.2, -0.15) is 0 Å². The first-order valence-electron chi connectivity index (χ1n) is 13.4. The normalized spacial score (nSPS) is 23.0. The van der Waals surface area contributed by atoms with E-state index in [1.54, 1.807) is 17.7 Å². The number of rotatable bonds is 7. The van der Waals surface area contributed by atoms with Crippen LogP contribution in [0.5, 0.6) is 5.75 Å². The highest BCUT2D eigenvalue weighted by Gasteiger charge is 2.46. The molecule has 7 rings (SSSR count). The van der Waals surface area contributed by atoms with Crippen LogP contribution in [0.2, 0.25) is 0 Å². The second-order valence-electron chi connectivity index (χ2n) is 10.5. The third kappa shape index (κ3) is 4.47. The molecule has 3 aromatic carbocycles. The number of hydrogen-bond acceptors (Lipinski definition) is 4. The summed E-state index contributed by atoms with van der Waals surface area (Å²) in [6.07, 6.45) is 2.46. The fourth-order valence-corrected chi connectivity index (χ4v) is 6.69. The van der Waals surface area contributed by atoms with E-state index in [0.29, 0.717) is 30.5 Å². The lowest BCUT2D eigenvalue weighted by molar-refractivity contribution is 0.00462. The quantitative estimate of drug-likeness (QED) is 0.397. The Morgan fingerprint density at radius 2 is 1.57 bits per heavy atom. The van der Waals surface area contributed by atoms with Crippen LogP contribution in [0.1, 0.15) is 35.4 Å². The van der Waals surface area contributed by atoms with E-state index in [-0.39, 0.29) is 5.56 Å². The Labute approximate surface area is 218 Å². The molecule has 4 heterocycles. The minimum Gasteiger partial charge on any atom is -0.496 e. The van der Waals surface area contributed by atoms with Gasteiger partial charge in [-0.25, -0.2) is 0 Å². The molecule has 5 nitrogen and oxygen atoms in total. The van der Waals surface area contributed by atoms with E-state index in [1.165, 1.54) is 24.0 Å². The van der Waals surface area contributed by atoms with Gasteiger partial charge in [0.25, 0.3) is 5.56 Å². The summed E-state index contributed by atoms with van der Waals surface area (Å²) in [6, 6.07) is 30.4. The molecule has 0 unspecified atom stereocenters. The number of fused-ring (bicyclic) bond motifs is 4. The molecule has 37 heavy (non-hydrogen) atoms. The summed E-state index contributed by atoms with van der Waals surface area (Å²) in [7, 11) is 3.56. The van der Waals surface area contributed by atoms with E-state index in [4.69, 9.17) is 4.74 Å². The Kier molecular flexibility index (Phi) is 6.58. The van der Waals surface area contributed by atoms with E-state index in [0.717, 1.165) is 35.3 Å². The SMILES string of the molecule is COc1cc2ccc(=O)n(C)c2cc1CN[C@H]1C2CCN(CC2)[C@@H]1C(c1ccccc1)c1ccccc1. The van der Waals surface area contributed by atoms with Crippen LogP contribution in [0.25, 0.3) is 10.9 Å². The Bertz CT molecular complexity index is 1390. The fraction of sp³-hybridized carbons (Fsp3) is 0.344. The largest absolute Gasteiger partial charge is 0.496 e. The third-order valence-electron chi connectivity index (χ3n) is 8.59. The number of hydrogen-bond donors (Lipinski definition) is 1. The van der Waals surface area contributed by atoms with Gasteiger partial charge < -0.3 is 14.6 Å². The summed E-state index contributed by atoms with van der Waals surface area (Å²) in [5.41, 5.74) is 4.76. The molecule has 0 spiro atoms. The van der Waals surface area contributed by atoms with Gasteiger partial charge in [0.2, 0.25) is 0 Å². The molecule has 1 aromatic heterocycles. The van der Waals surface area contributed by atoms with Gasteiger partial charge in [0.05, 0.1) is 12.6 Å². The van der Waals surface area contributed by atoms with Crippen LogP contribution in [-0.4, -0.2) is 41.8 Å². The van der Waals surface area contributed by atoms with Crippen molar-refractivity contribution in [1.82, 2.24) is 14.8 Å². The van der Waals surface area contributed by atoms with E-state index in [9.17, 15) is 4.79 Å². The van der Waals surface area contributed by atoms with Gasteiger partial charge in [-0.3, -0.25) is 9.69 Å². The molecule has 0 radical (unpaired) electrons. The molecule has 0 amide bonds. The van der Waals surface area contributed by atoms with Crippen molar-refractivity contribution in [1.29, 1.82) is 0 Å². The van der Waals surface area contributed by atoms with Gasteiger partial charge in [-0.1, -0.05) is 60.7 Å². The first-order valence-corrected chi connectivity index (χ1v) is 13.4. The van der Waals surface area contributed by atoms with Gasteiger partial charge in [-0.05, 0) is 61.2 Å². The van der Waals surface area contributed by atoms with Crippen LogP contribution < -0.4 is 15.6 Å². The lowest BCUT2D eigenvalue weighted by atomic mass is 9.70. The highest BCUT2D eigenvalue weighted by atomic mass is 16.5. The molecule has 3 saturated heterocycles. The van der Waals surface area contributed by atoms with Crippen LogP contribution in [0.3, 0.4) is 0 Å². The number of ether oxygens (including phenoxy) is 1. The molecule has 2 bridgehead atoms. The number of methoxy groups -OCH3 is 1. The van der Waals surface area contributed by atoms with Crippen LogP contribution in [0, 0.1) is 5.92 Å². The lowest BCUT2D eigenvalue weighted by Crippen LogP contribution is -2.64. The summed E-state index contributed by atoms with van der Waals surface area (Å²) in [5, 5.41) is 5.01. The minimum atomic E-state index is 0.00240. The smallest absolute Gasteiger partial charge is 0.250 e. The van der Waals surface area contributed by atoms with Crippen molar-refractivity contribution in [3.8, 4) is 5.75 Å². The van der Waals surface area contributed by atoms with Crippen LogP contribution >= 0.6 is 0 Å². The lowest BCUT2D eigenvalue weighted by Gasteiger charge is -2.54. The number of piperidine rings is 3. The van der Waals surface area contributed by atoms with Gasteiger partial charge in [0.15, 0.2) is 0 Å². The molecule has 2 atom stereocenters. The Hall–Kier alpha value is -3.41. The zero-order valence-corrected chi connectivity index (χ0v) is 21.6. The molecular formula is C32H35N3O2. The van der Waals surface area contributed by atoms with Crippen LogP contribution in [0.15, 0.2) is 89.7 Å². The van der Waals surface area contributed by atoms with Crippen molar-refractivity contribution in [3.63, 3.8) is 0 Å². The topological polar surface area (TPSA) is 46.5 Å². The summed E-state index contributed by atoms with van der Waals surface area (Å²) < 4.78 is 7.52. The molecule has 3 fully saturated rings. The fourth-order valence-electron chi connectivity index (χ4n) is 6.69. The number of benzene rings is 3. The highest BCUT2D eigenvalue weighted by Crippen LogP contribution is 2.42. The van der Waals surface area contributed by atoms with Crippen molar-refractivity contribution in [2.45, 2.75) is 37.4 Å². The maximum absolute atomic E-state index is 12.3. The molecule has 4 aromatic rings. The van der Waals surface area contributed by atoms with Crippen molar-refractivity contribution in [3.05, 3.63) is 112 Å². The van der Waals surface area contributed by atoms with Gasteiger partial charge in [-0.15, -0.1) is 0 Å². The standard InChI is InChI=1S/C32H35N3O2/c1-34-27-19-26(28(37-2)20-25(27)13-14-29(34)36)21-33-31-24-15-17-35(18-16-24)32(31)30(22-9-5-3-6-10-22)23-11-7-4-8-12-23/h3-14,19-20,24,30-33H,15-18,21H2,1-2H3/t31-,32+/m0/s1. The highest BCUT2D eigenvalue weighted by molar-refractivity contribution is 5.81. The maximum atomic E-state index is 12.3. The number of pyridine rings is 1. The van der Waals surface area contributed by atoms with Gasteiger partial charge in [0.1, 0.15) is 5.75 Å². The van der Waals surface area contributed by atoms with Crippen molar-refractivity contribution in [2.24, 2.45) is 13.0 Å². The maximum Gasteiger partial charge on any atom is 0.250 e. The number of nitrogens with zero attached hydrogens (tertiary/aromatic N) is 2. The average Bonchev–Trinajstić information content (AvgIpc) is 2.96. The Balaban J connectivity index is 1.37. The second-order valence-corrected chi connectivity index (χ2v) is 10.5. The zero-order chi connectivity index (χ0) is 25.4. The van der Waals surface area contributed by atoms with Crippen molar-refractivity contribution in [2.75, 3.05) is 20.2 Å². The molecule has 1 N–H and O–H groups in total. The summed E-state index contributed by atoms with van der Waals surface area (Å²) in [6.45, 7) is 3.01. The number of aromatic nitrogens is 1. The number of nitrogens with one attached hydrogen (secondary N) is 1. The van der Waals surface area contributed by atoms with Crippen LogP contribution in [-0.2, 0) is 13.6 Å². The summed E-state index contributed by atoms with van der Waals surface area (Å²) in [5.74, 6) is 1.79. The van der Waals surface area contributed by atoms with E-state index < -0.39 is 0 Å². The van der Waals surface area contributed by atoms with Crippen molar-refractivity contribution >= 4 is 10.9 Å². The first kappa shape index (κ1) is 24.0.